The van der Waals surface area contributed by atoms with Crippen molar-refractivity contribution in [3.05, 3.63) is 22.2 Å². The third kappa shape index (κ3) is 2.98. The summed E-state index contributed by atoms with van der Waals surface area (Å²) in [7, 11) is 1.67. The molecule has 1 saturated carbocycles. The molecule has 1 aromatic carbocycles. The quantitative estimate of drug-likeness (QED) is 0.876. The molecule has 0 radical (unpaired) electrons. The van der Waals surface area contributed by atoms with Gasteiger partial charge in [-0.3, -0.25) is 0 Å². The van der Waals surface area contributed by atoms with Gasteiger partial charge in [-0.1, -0.05) is 22.9 Å². The lowest BCUT2D eigenvalue weighted by Gasteiger charge is -2.20. The third-order valence-electron chi connectivity index (χ3n) is 3.33. The van der Waals surface area contributed by atoms with E-state index < -0.39 is 0 Å². The van der Waals surface area contributed by atoms with Gasteiger partial charge in [0, 0.05) is 10.0 Å². The predicted octanol–water partition coefficient (Wildman–Crippen LogP) is 3.31. The van der Waals surface area contributed by atoms with E-state index >= 15 is 0 Å². The Hall–Kier alpha value is -0.740. The Balaban J connectivity index is 2.32. The van der Waals surface area contributed by atoms with Crippen LogP contribution in [0, 0.1) is 5.92 Å². The van der Waals surface area contributed by atoms with Crippen molar-refractivity contribution in [2.24, 2.45) is 11.7 Å². The first-order valence-corrected chi connectivity index (χ1v) is 7.16. The topological polar surface area (TPSA) is 44.5 Å². The summed E-state index contributed by atoms with van der Waals surface area (Å²) >= 11 is 3.58. The van der Waals surface area contributed by atoms with E-state index in [0.717, 1.165) is 34.1 Å². The fourth-order valence-electron chi connectivity index (χ4n) is 1.93. The largest absolute Gasteiger partial charge is 0.493 e. The van der Waals surface area contributed by atoms with Crippen LogP contribution < -0.4 is 15.2 Å². The van der Waals surface area contributed by atoms with Gasteiger partial charge in [-0.25, -0.2) is 0 Å². The van der Waals surface area contributed by atoms with E-state index in [1.165, 1.54) is 12.8 Å². The molecular formula is C14H20BrNO2. The molecule has 0 saturated heterocycles. The number of ether oxygens (including phenoxy) is 2. The second-order valence-corrected chi connectivity index (χ2v) is 5.74. The Kier molecular flexibility index (Phi) is 4.51. The molecule has 1 fully saturated rings. The molecule has 1 aliphatic rings. The molecule has 2 rings (SSSR count). The van der Waals surface area contributed by atoms with E-state index in [9.17, 15) is 0 Å². The number of hydrogen-bond donors (Lipinski definition) is 1. The standard InChI is InChI=1S/C14H20BrNO2/c1-9(7-16)13-11(15)5-6-12(17-2)14(13)18-8-10-3-4-10/h5-6,9-10H,3-4,7-8,16H2,1-2H3. The minimum Gasteiger partial charge on any atom is -0.493 e. The molecule has 0 aliphatic heterocycles. The van der Waals surface area contributed by atoms with Gasteiger partial charge in [0.2, 0.25) is 0 Å². The second-order valence-electron chi connectivity index (χ2n) is 4.88. The summed E-state index contributed by atoms with van der Waals surface area (Å²) in [6, 6.07) is 3.92. The zero-order valence-corrected chi connectivity index (χ0v) is 12.5. The van der Waals surface area contributed by atoms with Crippen molar-refractivity contribution in [3.8, 4) is 11.5 Å². The lowest BCUT2D eigenvalue weighted by Crippen LogP contribution is -2.12. The maximum absolute atomic E-state index is 5.98. The van der Waals surface area contributed by atoms with Gasteiger partial charge in [-0.15, -0.1) is 0 Å². The van der Waals surface area contributed by atoms with E-state index in [2.05, 4.69) is 22.9 Å². The summed E-state index contributed by atoms with van der Waals surface area (Å²) in [5.41, 5.74) is 6.89. The average molecular weight is 314 g/mol. The van der Waals surface area contributed by atoms with Gasteiger partial charge in [-0.2, -0.15) is 0 Å². The number of methoxy groups -OCH3 is 1. The second kappa shape index (κ2) is 5.93. The van der Waals surface area contributed by atoms with Gasteiger partial charge in [0.1, 0.15) is 0 Å². The number of benzene rings is 1. The highest BCUT2D eigenvalue weighted by Crippen LogP contribution is 2.41. The van der Waals surface area contributed by atoms with E-state index in [-0.39, 0.29) is 5.92 Å². The van der Waals surface area contributed by atoms with Crippen LogP contribution in [0.4, 0.5) is 0 Å². The summed E-state index contributed by atoms with van der Waals surface area (Å²) in [6.07, 6.45) is 2.55. The molecule has 18 heavy (non-hydrogen) atoms. The molecule has 0 spiro atoms. The molecule has 0 bridgehead atoms. The average Bonchev–Trinajstić information content (AvgIpc) is 3.19. The van der Waals surface area contributed by atoms with Gasteiger partial charge >= 0.3 is 0 Å². The molecule has 0 amide bonds. The molecule has 0 heterocycles. The van der Waals surface area contributed by atoms with Crippen LogP contribution >= 0.6 is 15.9 Å². The molecule has 1 aromatic rings. The van der Waals surface area contributed by atoms with E-state index in [4.69, 9.17) is 15.2 Å². The summed E-state index contributed by atoms with van der Waals surface area (Å²) in [6.45, 7) is 3.46. The molecule has 3 nitrogen and oxygen atoms in total. The van der Waals surface area contributed by atoms with E-state index in [1.807, 2.05) is 12.1 Å². The third-order valence-corrected chi connectivity index (χ3v) is 4.02. The van der Waals surface area contributed by atoms with Crippen molar-refractivity contribution in [2.45, 2.75) is 25.7 Å². The minimum absolute atomic E-state index is 0.240. The summed E-state index contributed by atoms with van der Waals surface area (Å²) < 4.78 is 12.4. The molecule has 2 N–H and O–H groups in total. The maximum atomic E-state index is 5.98. The van der Waals surface area contributed by atoms with Gasteiger partial charge in [-0.05, 0) is 43.4 Å². The first-order valence-electron chi connectivity index (χ1n) is 6.36. The fraction of sp³-hybridized carbons (Fsp3) is 0.571. The highest BCUT2D eigenvalue weighted by Gasteiger charge is 2.25. The van der Waals surface area contributed by atoms with Crippen LogP contribution in [0.5, 0.6) is 11.5 Å². The van der Waals surface area contributed by atoms with Crippen molar-refractivity contribution >= 4 is 15.9 Å². The lowest BCUT2D eigenvalue weighted by molar-refractivity contribution is 0.276. The van der Waals surface area contributed by atoms with Crippen LogP contribution in [-0.4, -0.2) is 20.3 Å². The molecule has 100 valence electrons. The summed E-state index contributed by atoms with van der Waals surface area (Å²) in [5.74, 6) is 2.59. The summed E-state index contributed by atoms with van der Waals surface area (Å²) in [4.78, 5) is 0. The SMILES string of the molecule is COc1ccc(Br)c(C(C)CN)c1OCC1CC1. The van der Waals surface area contributed by atoms with Crippen LogP contribution in [0.15, 0.2) is 16.6 Å². The number of hydrogen-bond acceptors (Lipinski definition) is 3. The smallest absolute Gasteiger partial charge is 0.165 e. The van der Waals surface area contributed by atoms with Crippen LogP contribution in [0.1, 0.15) is 31.2 Å². The number of halogens is 1. The van der Waals surface area contributed by atoms with Gasteiger partial charge in [0.15, 0.2) is 11.5 Å². The normalized spacial score (nSPS) is 16.4. The van der Waals surface area contributed by atoms with Gasteiger partial charge in [0.25, 0.3) is 0 Å². The van der Waals surface area contributed by atoms with Gasteiger partial charge < -0.3 is 15.2 Å². The zero-order chi connectivity index (χ0) is 13.1. The Bertz CT molecular complexity index is 419. The van der Waals surface area contributed by atoms with Crippen molar-refractivity contribution < 1.29 is 9.47 Å². The number of nitrogens with two attached hydrogens (primary N) is 1. The van der Waals surface area contributed by atoms with Crippen LogP contribution in [0.25, 0.3) is 0 Å². The Morgan fingerprint density at radius 2 is 2.17 bits per heavy atom. The van der Waals surface area contributed by atoms with Crippen LogP contribution in [-0.2, 0) is 0 Å². The first kappa shape index (κ1) is 13.7. The fourth-order valence-corrected chi connectivity index (χ4v) is 2.63. The van der Waals surface area contributed by atoms with Crippen LogP contribution in [0.2, 0.25) is 0 Å². The van der Waals surface area contributed by atoms with Crippen molar-refractivity contribution in [1.29, 1.82) is 0 Å². The highest BCUT2D eigenvalue weighted by atomic mass is 79.9. The summed E-state index contributed by atoms with van der Waals surface area (Å²) in [5, 5.41) is 0. The Morgan fingerprint density at radius 3 is 2.72 bits per heavy atom. The van der Waals surface area contributed by atoms with Crippen molar-refractivity contribution in [3.63, 3.8) is 0 Å². The van der Waals surface area contributed by atoms with E-state index in [0.29, 0.717) is 6.54 Å². The number of rotatable bonds is 6. The molecule has 0 aromatic heterocycles. The first-order chi connectivity index (χ1) is 8.67. The van der Waals surface area contributed by atoms with Crippen molar-refractivity contribution in [1.82, 2.24) is 0 Å². The predicted molar refractivity (Wildman–Crippen MR) is 76.4 cm³/mol. The van der Waals surface area contributed by atoms with Gasteiger partial charge in [0.05, 0.1) is 13.7 Å². The van der Waals surface area contributed by atoms with Crippen LogP contribution in [0.3, 0.4) is 0 Å². The van der Waals surface area contributed by atoms with E-state index in [1.54, 1.807) is 7.11 Å². The highest BCUT2D eigenvalue weighted by molar-refractivity contribution is 9.10. The molecule has 1 unspecified atom stereocenters. The molecule has 1 aliphatic carbocycles. The minimum atomic E-state index is 0.240. The molecular weight excluding hydrogens is 294 g/mol. The monoisotopic (exact) mass is 313 g/mol. The molecule has 4 heteroatoms. The Labute approximate surface area is 117 Å². The molecule has 1 atom stereocenters. The van der Waals surface area contributed by atoms with Crippen molar-refractivity contribution in [2.75, 3.05) is 20.3 Å². The Morgan fingerprint density at radius 1 is 1.44 bits per heavy atom. The lowest BCUT2D eigenvalue weighted by atomic mass is 10.00. The maximum Gasteiger partial charge on any atom is 0.165 e. The zero-order valence-electron chi connectivity index (χ0n) is 10.9.